The highest BCUT2D eigenvalue weighted by Gasteiger charge is 2.49. The SMILES string of the molecule is C=C(F)C=CC(=CC)Cc1cnc2c3c1OC(C)(C(=O)O)CN3C(O)C(C(=O)NC)=C2CO. The maximum absolute atomic E-state index is 13.1. The van der Waals surface area contributed by atoms with Gasteiger partial charge in [-0.2, -0.15) is 0 Å². The first kappa shape index (κ1) is 24.1. The second-order valence-corrected chi connectivity index (χ2v) is 7.90. The summed E-state index contributed by atoms with van der Waals surface area (Å²) in [6.07, 6.45) is 4.62. The van der Waals surface area contributed by atoms with Crippen molar-refractivity contribution in [2.45, 2.75) is 32.1 Å². The van der Waals surface area contributed by atoms with E-state index in [1.54, 1.807) is 13.0 Å². The summed E-state index contributed by atoms with van der Waals surface area (Å²) in [5, 5.41) is 33.3. The number of amides is 1. The number of nitrogens with one attached hydrogen (secondary N) is 1. The van der Waals surface area contributed by atoms with Crippen molar-refractivity contribution in [3.8, 4) is 5.75 Å². The number of nitrogens with zero attached hydrogens (tertiary/aromatic N) is 2. The molecule has 0 aliphatic carbocycles. The number of pyridine rings is 1. The molecule has 176 valence electrons. The minimum absolute atomic E-state index is 0.114. The zero-order valence-electron chi connectivity index (χ0n) is 18.6. The van der Waals surface area contributed by atoms with Crippen molar-refractivity contribution in [1.29, 1.82) is 0 Å². The van der Waals surface area contributed by atoms with Gasteiger partial charge in [0.2, 0.25) is 5.60 Å². The Kier molecular flexibility index (Phi) is 6.71. The van der Waals surface area contributed by atoms with Gasteiger partial charge < -0.3 is 30.3 Å². The van der Waals surface area contributed by atoms with Gasteiger partial charge in [-0.1, -0.05) is 18.7 Å². The fourth-order valence-electron chi connectivity index (χ4n) is 3.89. The number of carbonyl (C=O) groups is 2. The van der Waals surface area contributed by atoms with Crippen LogP contribution in [0.2, 0.25) is 0 Å². The van der Waals surface area contributed by atoms with Crippen molar-refractivity contribution in [1.82, 2.24) is 10.3 Å². The van der Waals surface area contributed by atoms with E-state index in [-0.39, 0.29) is 41.2 Å². The molecular weight excluding hydrogens is 433 g/mol. The lowest BCUT2D eigenvalue weighted by Crippen LogP contribution is -2.59. The van der Waals surface area contributed by atoms with Gasteiger partial charge in [0, 0.05) is 30.8 Å². The van der Waals surface area contributed by atoms with E-state index in [0.29, 0.717) is 11.1 Å². The molecule has 2 atom stereocenters. The summed E-state index contributed by atoms with van der Waals surface area (Å²) in [7, 11) is 1.38. The number of likely N-dealkylation sites (N-methyl/N-ethyl adjacent to an activating group) is 1. The summed E-state index contributed by atoms with van der Waals surface area (Å²) < 4.78 is 19.1. The summed E-state index contributed by atoms with van der Waals surface area (Å²) in [6, 6.07) is 0. The van der Waals surface area contributed by atoms with Gasteiger partial charge in [0.05, 0.1) is 24.4 Å². The molecule has 1 aromatic rings. The van der Waals surface area contributed by atoms with Crippen molar-refractivity contribution in [3.63, 3.8) is 0 Å². The Morgan fingerprint density at radius 3 is 2.70 bits per heavy atom. The topological polar surface area (TPSA) is 132 Å². The Morgan fingerprint density at radius 2 is 2.15 bits per heavy atom. The molecule has 1 aromatic heterocycles. The fraction of sp³-hybridized carbons (Fsp3) is 0.348. The number of hydrogen-bond donors (Lipinski definition) is 4. The van der Waals surface area contributed by atoms with Gasteiger partial charge in [-0.25, -0.2) is 9.18 Å². The van der Waals surface area contributed by atoms with Gasteiger partial charge in [-0.05, 0) is 25.5 Å². The molecular formula is C23H26FN3O6. The molecule has 0 saturated carbocycles. The third-order valence-corrected chi connectivity index (χ3v) is 5.66. The molecule has 2 aliphatic rings. The number of allylic oxidation sites excluding steroid dienone is 5. The van der Waals surface area contributed by atoms with Gasteiger partial charge >= 0.3 is 5.97 Å². The summed E-state index contributed by atoms with van der Waals surface area (Å²) in [6.45, 7) is 5.47. The molecule has 10 heteroatoms. The van der Waals surface area contributed by atoms with Gasteiger partial charge in [-0.3, -0.25) is 9.78 Å². The molecule has 0 fully saturated rings. The first-order valence-corrected chi connectivity index (χ1v) is 10.2. The number of hydrogen-bond acceptors (Lipinski definition) is 7. The van der Waals surface area contributed by atoms with Crippen LogP contribution in [0.3, 0.4) is 0 Å². The molecule has 0 bridgehead atoms. The lowest BCUT2D eigenvalue weighted by atomic mass is 9.90. The van der Waals surface area contributed by atoms with Crippen LogP contribution in [0.15, 0.2) is 48.0 Å². The maximum Gasteiger partial charge on any atom is 0.349 e. The highest BCUT2D eigenvalue weighted by Crippen LogP contribution is 2.48. The van der Waals surface area contributed by atoms with E-state index in [9.17, 15) is 29.3 Å². The first-order valence-electron chi connectivity index (χ1n) is 10.2. The van der Waals surface area contributed by atoms with Crippen LogP contribution in [-0.2, 0) is 16.0 Å². The molecule has 0 spiro atoms. The second-order valence-electron chi connectivity index (χ2n) is 7.90. The number of aliphatic hydroxyl groups excluding tert-OH is 2. The Labute approximate surface area is 190 Å². The number of aliphatic carboxylic acids is 1. The summed E-state index contributed by atoms with van der Waals surface area (Å²) in [5.41, 5.74) is -0.0847. The lowest BCUT2D eigenvalue weighted by Gasteiger charge is -2.46. The molecule has 0 saturated heterocycles. The van der Waals surface area contributed by atoms with E-state index in [0.717, 1.165) is 0 Å². The minimum atomic E-state index is -1.75. The van der Waals surface area contributed by atoms with E-state index in [4.69, 9.17) is 4.74 Å². The van der Waals surface area contributed by atoms with Crippen molar-refractivity contribution < 1.29 is 34.0 Å². The highest BCUT2D eigenvalue weighted by atomic mass is 19.1. The van der Waals surface area contributed by atoms with Gasteiger partial charge in [-0.15, -0.1) is 0 Å². The number of carbonyl (C=O) groups excluding carboxylic acids is 1. The van der Waals surface area contributed by atoms with Crippen molar-refractivity contribution in [2.24, 2.45) is 0 Å². The number of ether oxygens (including phenoxy) is 1. The minimum Gasteiger partial charge on any atom is -0.478 e. The molecule has 1 amide bonds. The van der Waals surface area contributed by atoms with Crippen LogP contribution in [0.5, 0.6) is 5.75 Å². The Hall–Kier alpha value is -3.50. The Bertz CT molecular complexity index is 1110. The van der Waals surface area contributed by atoms with Crippen LogP contribution >= 0.6 is 0 Å². The normalized spacial score (nSPS) is 22.2. The molecule has 2 unspecified atom stereocenters. The largest absolute Gasteiger partial charge is 0.478 e. The van der Waals surface area contributed by atoms with Crippen LogP contribution < -0.4 is 15.0 Å². The molecule has 2 aliphatic heterocycles. The molecule has 3 rings (SSSR count). The van der Waals surface area contributed by atoms with Crippen molar-refractivity contribution in [2.75, 3.05) is 25.1 Å². The van der Waals surface area contributed by atoms with Gasteiger partial charge in [0.1, 0.15) is 11.5 Å². The predicted molar refractivity (Wildman–Crippen MR) is 119 cm³/mol. The highest BCUT2D eigenvalue weighted by molar-refractivity contribution is 6.06. The molecule has 0 radical (unpaired) electrons. The standard InChI is InChI=1S/C23H26FN3O6/c1-5-13(7-6-12(2)24)8-14-9-26-17-15(10-28)16(20(29)25-4)21(30)27-11-23(3,22(31)32)33-19(14)18(17)27/h5-7,9,21,28,30H,2,8,10-11H2,1,3-4H3,(H,25,29)(H,31,32). The maximum atomic E-state index is 13.1. The molecule has 3 heterocycles. The third-order valence-electron chi connectivity index (χ3n) is 5.66. The Morgan fingerprint density at radius 1 is 1.45 bits per heavy atom. The van der Waals surface area contributed by atoms with Gasteiger partial charge in [0.25, 0.3) is 5.91 Å². The van der Waals surface area contributed by atoms with Crippen molar-refractivity contribution in [3.05, 3.63) is 59.2 Å². The average molecular weight is 459 g/mol. The zero-order valence-corrected chi connectivity index (χ0v) is 18.6. The molecule has 4 N–H and O–H groups in total. The van der Waals surface area contributed by atoms with Crippen molar-refractivity contribution >= 4 is 23.1 Å². The Balaban J connectivity index is 2.25. The number of aromatic nitrogens is 1. The molecule has 0 aromatic carbocycles. The van der Waals surface area contributed by atoms with Crippen LogP contribution in [0, 0.1) is 0 Å². The zero-order chi connectivity index (χ0) is 24.5. The number of aliphatic hydroxyl groups is 2. The van der Waals surface area contributed by atoms with Gasteiger partial charge in [0.15, 0.2) is 12.0 Å². The number of halogens is 1. The van der Waals surface area contributed by atoms with Crippen LogP contribution in [-0.4, -0.2) is 64.2 Å². The average Bonchev–Trinajstić information content (AvgIpc) is 2.78. The van der Waals surface area contributed by atoms with E-state index < -0.39 is 36.1 Å². The second kappa shape index (κ2) is 9.16. The first-order chi connectivity index (χ1) is 15.6. The van der Waals surface area contributed by atoms with E-state index >= 15 is 0 Å². The molecule has 9 nitrogen and oxygen atoms in total. The number of carboxylic acids is 1. The quantitative estimate of drug-likeness (QED) is 0.451. The fourth-order valence-corrected chi connectivity index (χ4v) is 3.89. The number of anilines is 1. The third kappa shape index (κ3) is 4.27. The smallest absolute Gasteiger partial charge is 0.349 e. The molecule has 33 heavy (non-hydrogen) atoms. The predicted octanol–water partition coefficient (Wildman–Crippen LogP) is 1.48. The summed E-state index contributed by atoms with van der Waals surface area (Å²) >= 11 is 0. The lowest BCUT2D eigenvalue weighted by molar-refractivity contribution is -0.153. The van der Waals surface area contributed by atoms with Crippen LogP contribution in [0.4, 0.5) is 10.1 Å². The van der Waals surface area contributed by atoms with Crippen LogP contribution in [0.1, 0.15) is 25.1 Å². The van der Waals surface area contributed by atoms with E-state index in [1.165, 1.54) is 37.2 Å². The summed E-state index contributed by atoms with van der Waals surface area (Å²) in [5.74, 6) is -2.35. The number of rotatable bonds is 7. The summed E-state index contributed by atoms with van der Waals surface area (Å²) in [4.78, 5) is 30.3. The monoisotopic (exact) mass is 459 g/mol. The van der Waals surface area contributed by atoms with Crippen LogP contribution in [0.25, 0.3) is 5.57 Å². The van der Waals surface area contributed by atoms with E-state index in [2.05, 4.69) is 16.9 Å². The number of carboxylic acid groups (broad SMARTS) is 1. The van der Waals surface area contributed by atoms with E-state index in [1.807, 2.05) is 0 Å².